The first-order chi connectivity index (χ1) is 9.99. The molecule has 0 fully saturated rings. The van der Waals surface area contributed by atoms with Gasteiger partial charge in [-0.2, -0.15) is 0 Å². The zero-order valence-electron chi connectivity index (χ0n) is 12.2. The third-order valence-electron chi connectivity index (χ3n) is 2.98. The van der Waals surface area contributed by atoms with Gasteiger partial charge in [0.05, 0.1) is 17.3 Å². The number of rotatable bonds is 4. The molecule has 2 aromatic heterocycles. The van der Waals surface area contributed by atoms with Crippen molar-refractivity contribution in [1.29, 1.82) is 0 Å². The molecule has 0 radical (unpaired) electrons. The van der Waals surface area contributed by atoms with E-state index in [4.69, 9.17) is 0 Å². The zero-order valence-corrected chi connectivity index (χ0v) is 13.8. The van der Waals surface area contributed by atoms with Crippen molar-refractivity contribution in [2.45, 2.75) is 13.0 Å². The number of carbonyl (C=O) groups is 1. The Bertz CT molecular complexity index is 631. The lowest BCUT2D eigenvalue weighted by Gasteiger charge is -2.18. The van der Waals surface area contributed by atoms with E-state index in [-0.39, 0.29) is 11.9 Å². The molecule has 2 heterocycles. The van der Waals surface area contributed by atoms with Crippen LogP contribution in [0.4, 0.5) is 5.82 Å². The number of nitrogens with one attached hydrogen (secondary N) is 1. The van der Waals surface area contributed by atoms with Crippen LogP contribution < -0.4 is 10.2 Å². The Morgan fingerprint density at radius 2 is 2.10 bits per heavy atom. The normalized spacial score (nSPS) is 11.8. The largest absolute Gasteiger partial charge is 0.362 e. The lowest BCUT2D eigenvalue weighted by molar-refractivity contribution is 0.0939. The molecular formula is C15H17BrN4O. The Balaban J connectivity index is 2.23. The predicted molar refractivity (Wildman–Crippen MR) is 86.4 cm³/mol. The van der Waals surface area contributed by atoms with Crippen LogP contribution in [0.3, 0.4) is 0 Å². The highest BCUT2D eigenvalue weighted by molar-refractivity contribution is 9.10. The van der Waals surface area contributed by atoms with Crippen LogP contribution >= 0.6 is 15.9 Å². The second kappa shape index (κ2) is 6.67. The highest BCUT2D eigenvalue weighted by Crippen LogP contribution is 2.21. The standard InChI is InChI=1S/C15H17BrN4O/c1-10(13-6-4-5-7-17-13)19-15(21)12-8-11(16)9-18-14(12)20(2)3/h4-10H,1-3H3,(H,19,21)/t10-/m0/s1. The molecule has 1 amide bonds. The minimum atomic E-state index is -0.175. The molecule has 0 saturated carbocycles. The van der Waals surface area contributed by atoms with Crippen molar-refractivity contribution in [2.75, 3.05) is 19.0 Å². The second-order valence-electron chi connectivity index (χ2n) is 4.87. The van der Waals surface area contributed by atoms with Gasteiger partial charge >= 0.3 is 0 Å². The summed E-state index contributed by atoms with van der Waals surface area (Å²) in [6, 6.07) is 7.23. The van der Waals surface area contributed by atoms with Crippen LogP contribution in [-0.2, 0) is 0 Å². The van der Waals surface area contributed by atoms with E-state index in [0.29, 0.717) is 11.4 Å². The van der Waals surface area contributed by atoms with Crippen molar-refractivity contribution in [3.8, 4) is 0 Å². The van der Waals surface area contributed by atoms with Crippen LogP contribution in [0, 0.1) is 0 Å². The molecular weight excluding hydrogens is 332 g/mol. The summed E-state index contributed by atoms with van der Waals surface area (Å²) in [6.07, 6.45) is 3.39. The van der Waals surface area contributed by atoms with Gasteiger partial charge in [-0.1, -0.05) is 6.07 Å². The highest BCUT2D eigenvalue weighted by atomic mass is 79.9. The molecule has 0 spiro atoms. The third kappa shape index (κ3) is 3.78. The maximum Gasteiger partial charge on any atom is 0.255 e. The first-order valence-corrected chi connectivity index (χ1v) is 7.33. The molecule has 0 unspecified atom stereocenters. The summed E-state index contributed by atoms with van der Waals surface area (Å²) in [5, 5.41) is 2.95. The molecule has 1 N–H and O–H groups in total. The molecule has 5 nitrogen and oxygen atoms in total. The van der Waals surface area contributed by atoms with E-state index in [1.807, 2.05) is 44.1 Å². The molecule has 2 aromatic rings. The molecule has 0 aliphatic rings. The molecule has 21 heavy (non-hydrogen) atoms. The Morgan fingerprint density at radius 3 is 2.71 bits per heavy atom. The Kier molecular flexibility index (Phi) is 4.90. The number of amides is 1. The molecule has 6 heteroatoms. The minimum absolute atomic E-state index is 0.173. The summed E-state index contributed by atoms with van der Waals surface area (Å²) in [5.74, 6) is 0.453. The van der Waals surface area contributed by atoms with Crippen LogP contribution in [0.2, 0.25) is 0 Å². The molecule has 0 aromatic carbocycles. The van der Waals surface area contributed by atoms with E-state index in [9.17, 15) is 4.79 Å². The summed E-state index contributed by atoms with van der Waals surface area (Å²) < 4.78 is 0.767. The van der Waals surface area contributed by atoms with Crippen molar-refractivity contribution in [3.63, 3.8) is 0 Å². The number of anilines is 1. The summed E-state index contributed by atoms with van der Waals surface area (Å²) >= 11 is 3.35. The first-order valence-electron chi connectivity index (χ1n) is 6.53. The topological polar surface area (TPSA) is 58.1 Å². The van der Waals surface area contributed by atoms with Crippen molar-refractivity contribution in [2.24, 2.45) is 0 Å². The van der Waals surface area contributed by atoms with E-state index >= 15 is 0 Å². The van der Waals surface area contributed by atoms with Crippen LogP contribution in [-0.4, -0.2) is 30.0 Å². The SMILES string of the molecule is C[C@H](NC(=O)c1cc(Br)cnc1N(C)C)c1ccccn1. The van der Waals surface area contributed by atoms with Gasteiger partial charge in [-0.25, -0.2) is 4.98 Å². The predicted octanol–water partition coefficient (Wildman–Crippen LogP) is 2.80. The van der Waals surface area contributed by atoms with E-state index in [1.165, 1.54) is 0 Å². The molecule has 0 saturated heterocycles. The Morgan fingerprint density at radius 1 is 1.33 bits per heavy atom. The van der Waals surface area contributed by atoms with Crippen molar-refractivity contribution < 1.29 is 4.79 Å². The number of halogens is 1. The second-order valence-corrected chi connectivity index (χ2v) is 5.78. The molecule has 0 aliphatic carbocycles. The highest BCUT2D eigenvalue weighted by Gasteiger charge is 2.18. The van der Waals surface area contributed by atoms with Gasteiger partial charge in [0.15, 0.2) is 0 Å². The van der Waals surface area contributed by atoms with Crippen molar-refractivity contribution in [3.05, 3.63) is 52.4 Å². The number of pyridine rings is 2. The lowest BCUT2D eigenvalue weighted by Crippen LogP contribution is -2.29. The average molecular weight is 349 g/mol. The monoisotopic (exact) mass is 348 g/mol. The quantitative estimate of drug-likeness (QED) is 0.922. The van der Waals surface area contributed by atoms with Crippen LogP contribution in [0.25, 0.3) is 0 Å². The van der Waals surface area contributed by atoms with Crippen LogP contribution in [0.15, 0.2) is 41.1 Å². The van der Waals surface area contributed by atoms with Gasteiger partial charge in [0.1, 0.15) is 5.82 Å². The maximum absolute atomic E-state index is 12.5. The van der Waals surface area contributed by atoms with Crippen LogP contribution in [0.5, 0.6) is 0 Å². The van der Waals surface area contributed by atoms with Crippen LogP contribution in [0.1, 0.15) is 29.0 Å². The summed E-state index contributed by atoms with van der Waals surface area (Å²) in [4.78, 5) is 22.8. The van der Waals surface area contributed by atoms with E-state index in [2.05, 4.69) is 31.2 Å². The Labute approximate surface area is 132 Å². The lowest BCUT2D eigenvalue weighted by atomic mass is 10.1. The fourth-order valence-corrected chi connectivity index (χ4v) is 2.27. The number of nitrogens with zero attached hydrogens (tertiary/aromatic N) is 3. The third-order valence-corrected chi connectivity index (χ3v) is 3.41. The fraction of sp³-hybridized carbons (Fsp3) is 0.267. The fourth-order valence-electron chi connectivity index (χ4n) is 1.94. The smallest absolute Gasteiger partial charge is 0.255 e. The average Bonchev–Trinajstić information content (AvgIpc) is 2.47. The molecule has 0 aliphatic heterocycles. The number of aromatic nitrogens is 2. The zero-order chi connectivity index (χ0) is 15.4. The van der Waals surface area contributed by atoms with Crippen molar-refractivity contribution >= 4 is 27.7 Å². The number of hydrogen-bond donors (Lipinski definition) is 1. The molecule has 110 valence electrons. The molecule has 1 atom stereocenters. The van der Waals surface area contributed by atoms with E-state index in [0.717, 1.165) is 10.2 Å². The summed E-state index contributed by atoms with van der Waals surface area (Å²) in [7, 11) is 3.71. The molecule has 2 rings (SSSR count). The van der Waals surface area contributed by atoms with Gasteiger partial charge in [0, 0.05) is 31.0 Å². The number of hydrogen-bond acceptors (Lipinski definition) is 4. The Hall–Kier alpha value is -1.95. The van der Waals surface area contributed by atoms with E-state index < -0.39 is 0 Å². The van der Waals surface area contributed by atoms with E-state index in [1.54, 1.807) is 18.5 Å². The summed E-state index contributed by atoms with van der Waals surface area (Å²) in [6.45, 7) is 1.90. The maximum atomic E-state index is 12.5. The van der Waals surface area contributed by atoms with Gasteiger partial charge in [-0.3, -0.25) is 9.78 Å². The van der Waals surface area contributed by atoms with Gasteiger partial charge in [-0.15, -0.1) is 0 Å². The summed E-state index contributed by atoms with van der Waals surface area (Å²) in [5.41, 5.74) is 1.34. The van der Waals surface area contributed by atoms with Gasteiger partial charge in [0.25, 0.3) is 5.91 Å². The van der Waals surface area contributed by atoms with Gasteiger partial charge < -0.3 is 10.2 Å². The van der Waals surface area contributed by atoms with Gasteiger partial charge in [-0.05, 0) is 41.1 Å². The molecule has 0 bridgehead atoms. The van der Waals surface area contributed by atoms with Crippen molar-refractivity contribution in [1.82, 2.24) is 15.3 Å². The first kappa shape index (κ1) is 15.4. The minimum Gasteiger partial charge on any atom is -0.362 e. The van der Waals surface area contributed by atoms with Gasteiger partial charge in [0.2, 0.25) is 0 Å². The number of carbonyl (C=O) groups excluding carboxylic acids is 1.